The predicted molar refractivity (Wildman–Crippen MR) is 270 cm³/mol. The first-order valence-corrected chi connectivity index (χ1v) is 28.1. The Labute approximate surface area is 394 Å². The Kier molecular flexibility index (Phi) is 48.8. The van der Waals surface area contributed by atoms with Crippen LogP contribution in [0.5, 0.6) is 0 Å². The number of phosphoric ester groups is 1. The number of esters is 2. The third-order valence-electron chi connectivity index (χ3n) is 11.5. The maximum Gasteiger partial charge on any atom is 0.472 e. The summed E-state index contributed by atoms with van der Waals surface area (Å²) in [5, 5.41) is 0. The average Bonchev–Trinajstić information content (AvgIpc) is 3.28. The van der Waals surface area contributed by atoms with E-state index < -0.39 is 26.5 Å². The summed E-state index contributed by atoms with van der Waals surface area (Å²) in [7, 11) is -4.39. The molecular formula is C54H100NO8P. The minimum absolute atomic E-state index is 0.0462. The van der Waals surface area contributed by atoms with E-state index in [4.69, 9.17) is 24.3 Å². The zero-order valence-electron chi connectivity index (χ0n) is 41.5. The van der Waals surface area contributed by atoms with Crippen molar-refractivity contribution in [3.63, 3.8) is 0 Å². The number of unbranched alkanes of at least 4 members (excludes halogenated alkanes) is 29. The van der Waals surface area contributed by atoms with Crippen LogP contribution in [0.1, 0.15) is 251 Å². The zero-order chi connectivity index (χ0) is 46.7. The van der Waals surface area contributed by atoms with Crippen molar-refractivity contribution < 1.29 is 37.6 Å². The summed E-state index contributed by atoms with van der Waals surface area (Å²) in [6.07, 6.45) is 60.4. The summed E-state index contributed by atoms with van der Waals surface area (Å²) in [4.78, 5) is 35.0. The number of carbonyl (C=O) groups is 2. The molecule has 0 rings (SSSR count). The molecular weight excluding hydrogens is 822 g/mol. The molecule has 0 aromatic heterocycles. The molecule has 0 heterocycles. The quantitative estimate of drug-likeness (QED) is 0.0265. The molecule has 64 heavy (non-hydrogen) atoms. The van der Waals surface area contributed by atoms with Crippen molar-refractivity contribution in [2.24, 2.45) is 5.73 Å². The molecule has 374 valence electrons. The fourth-order valence-electron chi connectivity index (χ4n) is 7.57. The van der Waals surface area contributed by atoms with Crippen molar-refractivity contribution in [1.82, 2.24) is 0 Å². The fourth-order valence-corrected chi connectivity index (χ4v) is 8.33. The third kappa shape index (κ3) is 49.4. The van der Waals surface area contributed by atoms with Crippen LogP contribution in [0.25, 0.3) is 0 Å². The summed E-state index contributed by atoms with van der Waals surface area (Å²) in [6, 6.07) is 0. The molecule has 2 atom stereocenters. The van der Waals surface area contributed by atoms with Gasteiger partial charge in [-0.15, -0.1) is 0 Å². The van der Waals surface area contributed by atoms with Gasteiger partial charge in [-0.1, -0.05) is 236 Å². The Morgan fingerprint density at radius 1 is 0.484 bits per heavy atom. The molecule has 0 amide bonds. The van der Waals surface area contributed by atoms with Crippen LogP contribution in [0, 0.1) is 0 Å². The fraction of sp³-hybridized carbons (Fsp3) is 0.815. The maximum absolute atomic E-state index is 12.6. The average molecular weight is 922 g/mol. The molecule has 2 unspecified atom stereocenters. The van der Waals surface area contributed by atoms with Gasteiger partial charge in [0.2, 0.25) is 0 Å². The van der Waals surface area contributed by atoms with Gasteiger partial charge in [0.05, 0.1) is 13.2 Å². The van der Waals surface area contributed by atoms with Gasteiger partial charge >= 0.3 is 19.8 Å². The first kappa shape index (κ1) is 62.0. The smallest absolute Gasteiger partial charge is 0.462 e. The van der Waals surface area contributed by atoms with Crippen LogP contribution in [-0.4, -0.2) is 49.3 Å². The molecule has 0 fully saturated rings. The molecule has 0 aliphatic rings. The maximum atomic E-state index is 12.6. The highest BCUT2D eigenvalue weighted by Gasteiger charge is 2.26. The molecule has 0 saturated carbocycles. The lowest BCUT2D eigenvalue weighted by Crippen LogP contribution is -2.29. The lowest BCUT2D eigenvalue weighted by molar-refractivity contribution is -0.161. The van der Waals surface area contributed by atoms with E-state index in [9.17, 15) is 19.0 Å². The van der Waals surface area contributed by atoms with E-state index in [0.717, 1.165) is 57.8 Å². The minimum Gasteiger partial charge on any atom is -0.462 e. The van der Waals surface area contributed by atoms with Crippen molar-refractivity contribution in [1.29, 1.82) is 0 Å². The van der Waals surface area contributed by atoms with E-state index >= 15 is 0 Å². The van der Waals surface area contributed by atoms with Crippen molar-refractivity contribution in [2.75, 3.05) is 26.4 Å². The molecule has 0 aromatic carbocycles. The number of ether oxygens (including phenoxy) is 2. The highest BCUT2D eigenvalue weighted by atomic mass is 31.2. The summed E-state index contributed by atoms with van der Waals surface area (Å²) in [6.45, 7) is 3.60. The van der Waals surface area contributed by atoms with Crippen molar-refractivity contribution in [3.8, 4) is 0 Å². The van der Waals surface area contributed by atoms with Gasteiger partial charge < -0.3 is 20.1 Å². The number of carbonyl (C=O) groups excluding carboxylic acids is 2. The summed E-state index contributed by atoms with van der Waals surface area (Å²) < 4.78 is 32.9. The standard InChI is InChI=1S/C54H100NO8P/c1-3-5-7-9-11-13-15-17-19-20-21-22-23-24-25-26-27-28-29-30-31-33-34-36-38-40-42-44-46-53(56)60-50-52(51-62-64(58,59)61-49-48-55)63-54(57)47-45-43-41-39-37-35-32-18-16-14-12-10-8-6-4-2/h6,8,12,14,18,32,37,39,52H,3-5,7,9-11,13,15-17,19-31,33-36,38,40-51,55H2,1-2H3,(H,58,59)/b8-6-,14-12-,32-18-,39-37-. The van der Waals surface area contributed by atoms with Crippen LogP contribution in [0.3, 0.4) is 0 Å². The molecule has 0 aliphatic carbocycles. The largest absolute Gasteiger partial charge is 0.472 e. The van der Waals surface area contributed by atoms with E-state index in [1.807, 2.05) is 0 Å². The second-order valence-corrected chi connectivity index (χ2v) is 19.2. The lowest BCUT2D eigenvalue weighted by Gasteiger charge is -2.19. The molecule has 0 radical (unpaired) electrons. The Bertz CT molecular complexity index is 1190. The Hall–Kier alpha value is -2.03. The third-order valence-corrected chi connectivity index (χ3v) is 12.5. The number of hydrogen-bond donors (Lipinski definition) is 2. The molecule has 0 saturated heterocycles. The molecule has 9 nitrogen and oxygen atoms in total. The Balaban J connectivity index is 3.94. The van der Waals surface area contributed by atoms with Crippen LogP contribution < -0.4 is 5.73 Å². The second-order valence-electron chi connectivity index (χ2n) is 17.7. The number of phosphoric acid groups is 1. The first-order chi connectivity index (χ1) is 31.3. The number of hydrogen-bond acceptors (Lipinski definition) is 8. The number of nitrogens with two attached hydrogens (primary N) is 1. The van der Waals surface area contributed by atoms with Crippen LogP contribution in [0.4, 0.5) is 0 Å². The van der Waals surface area contributed by atoms with Gasteiger partial charge in [-0.05, 0) is 51.4 Å². The van der Waals surface area contributed by atoms with E-state index in [-0.39, 0.29) is 38.6 Å². The highest BCUT2D eigenvalue weighted by Crippen LogP contribution is 2.43. The van der Waals surface area contributed by atoms with Gasteiger partial charge in [-0.3, -0.25) is 18.6 Å². The molecule has 0 aromatic rings. The Morgan fingerprint density at radius 2 is 0.859 bits per heavy atom. The molecule has 3 N–H and O–H groups in total. The molecule has 0 spiro atoms. The predicted octanol–water partition coefficient (Wildman–Crippen LogP) is 16.2. The summed E-state index contributed by atoms with van der Waals surface area (Å²) in [5.41, 5.74) is 5.36. The monoisotopic (exact) mass is 922 g/mol. The first-order valence-electron chi connectivity index (χ1n) is 26.6. The topological polar surface area (TPSA) is 134 Å². The van der Waals surface area contributed by atoms with Gasteiger partial charge in [0.15, 0.2) is 6.10 Å². The minimum atomic E-state index is -4.39. The van der Waals surface area contributed by atoms with E-state index in [1.165, 1.54) is 161 Å². The van der Waals surface area contributed by atoms with Crippen molar-refractivity contribution >= 4 is 19.8 Å². The van der Waals surface area contributed by atoms with E-state index in [0.29, 0.717) is 6.42 Å². The van der Waals surface area contributed by atoms with Crippen LogP contribution in [0.2, 0.25) is 0 Å². The molecule has 10 heteroatoms. The normalized spacial score (nSPS) is 13.5. The number of rotatable bonds is 50. The van der Waals surface area contributed by atoms with E-state index in [1.54, 1.807) is 0 Å². The molecule has 0 bridgehead atoms. The highest BCUT2D eigenvalue weighted by molar-refractivity contribution is 7.47. The molecule has 0 aliphatic heterocycles. The van der Waals surface area contributed by atoms with Gasteiger partial charge in [-0.2, -0.15) is 0 Å². The summed E-state index contributed by atoms with van der Waals surface area (Å²) >= 11 is 0. The van der Waals surface area contributed by atoms with Gasteiger partial charge in [0, 0.05) is 19.4 Å². The van der Waals surface area contributed by atoms with Crippen molar-refractivity contribution in [2.45, 2.75) is 258 Å². The second kappa shape index (κ2) is 50.4. The Morgan fingerprint density at radius 3 is 1.28 bits per heavy atom. The van der Waals surface area contributed by atoms with E-state index in [2.05, 4.69) is 62.5 Å². The van der Waals surface area contributed by atoms with Crippen LogP contribution in [-0.2, 0) is 32.7 Å². The van der Waals surface area contributed by atoms with Crippen LogP contribution in [0.15, 0.2) is 48.6 Å². The summed E-state index contributed by atoms with van der Waals surface area (Å²) in [5.74, 6) is -0.869. The van der Waals surface area contributed by atoms with Gasteiger partial charge in [-0.25, -0.2) is 4.57 Å². The number of allylic oxidation sites excluding steroid dienone is 8. The lowest BCUT2D eigenvalue weighted by atomic mass is 10.0. The van der Waals surface area contributed by atoms with Crippen molar-refractivity contribution in [3.05, 3.63) is 48.6 Å². The van der Waals surface area contributed by atoms with Crippen LogP contribution >= 0.6 is 7.82 Å². The van der Waals surface area contributed by atoms with Gasteiger partial charge in [0.25, 0.3) is 0 Å². The SMILES string of the molecule is CC/C=C\C/C=C\C/C=C\C/C=C\CCCCC(=O)OC(COC(=O)CCCCCCCCCCCCCCCCCCCCCCCCCCCCCC)COP(=O)(O)OCCN. The zero-order valence-corrected chi connectivity index (χ0v) is 42.4. The van der Waals surface area contributed by atoms with Gasteiger partial charge in [0.1, 0.15) is 6.61 Å².